The molecule has 1 atom stereocenters. The van der Waals surface area contributed by atoms with Gasteiger partial charge in [-0.05, 0) is 56.4 Å². The van der Waals surface area contributed by atoms with Crippen LogP contribution in [0.4, 0.5) is 15.9 Å². The number of fused-ring (bicyclic) bond motifs is 1. The van der Waals surface area contributed by atoms with Crippen molar-refractivity contribution in [1.29, 1.82) is 0 Å². The molecule has 0 amide bonds. The number of aromatic nitrogens is 4. The Kier molecular flexibility index (Phi) is 7.64. The Labute approximate surface area is 236 Å². The SMILES string of the molecule is C[C@H](Oc1cnc2cc(N3CCOCC3)nc(OC3CCC(n4cc(F)cn4)CC3)c2c1)c1ccc([N+](=O)[O-])cc1. The zero-order valence-corrected chi connectivity index (χ0v) is 22.7. The number of hydrogen-bond donors (Lipinski definition) is 0. The lowest BCUT2D eigenvalue weighted by atomic mass is 9.93. The highest BCUT2D eigenvalue weighted by atomic mass is 19.1. The molecule has 0 radical (unpaired) electrons. The van der Waals surface area contributed by atoms with Crippen molar-refractivity contribution in [3.05, 3.63) is 76.5 Å². The summed E-state index contributed by atoms with van der Waals surface area (Å²) < 4.78 is 33.4. The van der Waals surface area contributed by atoms with Crippen molar-refractivity contribution in [2.75, 3.05) is 31.2 Å². The fourth-order valence-electron chi connectivity index (χ4n) is 5.41. The number of pyridine rings is 2. The van der Waals surface area contributed by atoms with Crippen LogP contribution in [-0.2, 0) is 4.74 Å². The van der Waals surface area contributed by atoms with Crippen LogP contribution < -0.4 is 14.4 Å². The van der Waals surface area contributed by atoms with Crippen LogP contribution in [-0.4, -0.2) is 57.1 Å². The summed E-state index contributed by atoms with van der Waals surface area (Å²) in [7, 11) is 0. The molecule has 1 aromatic carbocycles. The summed E-state index contributed by atoms with van der Waals surface area (Å²) in [4.78, 5) is 22.4. The van der Waals surface area contributed by atoms with E-state index in [9.17, 15) is 14.5 Å². The van der Waals surface area contributed by atoms with Crippen LogP contribution in [0.25, 0.3) is 10.9 Å². The van der Waals surface area contributed by atoms with Gasteiger partial charge in [0.25, 0.3) is 5.69 Å². The molecule has 3 aromatic heterocycles. The number of rotatable bonds is 8. The van der Waals surface area contributed by atoms with Gasteiger partial charge in [0, 0.05) is 31.3 Å². The normalized spacial score (nSPS) is 20.1. The first-order valence-corrected chi connectivity index (χ1v) is 13.8. The third kappa shape index (κ3) is 6.07. The highest BCUT2D eigenvalue weighted by Gasteiger charge is 2.26. The maximum atomic E-state index is 13.5. The number of hydrogen-bond acceptors (Lipinski definition) is 9. The number of nitrogens with zero attached hydrogens (tertiary/aromatic N) is 6. The van der Waals surface area contributed by atoms with Gasteiger partial charge in [-0.1, -0.05) is 0 Å². The smallest absolute Gasteiger partial charge is 0.269 e. The van der Waals surface area contributed by atoms with Gasteiger partial charge in [0.1, 0.15) is 23.8 Å². The molecule has 0 unspecified atom stereocenters. The molecule has 214 valence electrons. The Hall–Kier alpha value is -4.32. The van der Waals surface area contributed by atoms with E-state index in [0.29, 0.717) is 24.8 Å². The van der Waals surface area contributed by atoms with Crippen LogP contribution in [0.1, 0.15) is 50.3 Å². The second-order valence-corrected chi connectivity index (χ2v) is 10.4. The topological polar surface area (TPSA) is 118 Å². The van der Waals surface area contributed by atoms with Crippen LogP contribution in [0, 0.1) is 15.9 Å². The maximum Gasteiger partial charge on any atom is 0.269 e. The van der Waals surface area contributed by atoms with Crippen molar-refractivity contribution < 1.29 is 23.5 Å². The Morgan fingerprint density at radius 2 is 1.85 bits per heavy atom. The molecule has 2 aliphatic rings. The van der Waals surface area contributed by atoms with E-state index in [4.69, 9.17) is 19.2 Å². The van der Waals surface area contributed by atoms with E-state index in [1.54, 1.807) is 23.0 Å². The van der Waals surface area contributed by atoms with Crippen LogP contribution in [0.15, 0.2) is 55.0 Å². The quantitative estimate of drug-likeness (QED) is 0.205. The Balaban J connectivity index is 1.24. The summed E-state index contributed by atoms with van der Waals surface area (Å²) in [6, 6.07) is 10.3. The molecule has 1 aliphatic carbocycles. The molecular weight excluding hydrogens is 531 g/mol. The highest BCUT2D eigenvalue weighted by molar-refractivity contribution is 5.87. The number of non-ortho nitro benzene ring substituents is 1. The number of ether oxygens (including phenoxy) is 3. The van der Waals surface area contributed by atoms with E-state index in [2.05, 4.69) is 15.0 Å². The van der Waals surface area contributed by atoms with E-state index in [1.165, 1.54) is 24.5 Å². The lowest BCUT2D eigenvalue weighted by Gasteiger charge is -2.30. The summed E-state index contributed by atoms with van der Waals surface area (Å²) in [6.45, 7) is 4.62. The average molecular weight is 563 g/mol. The highest BCUT2D eigenvalue weighted by Crippen LogP contribution is 2.35. The fourth-order valence-corrected chi connectivity index (χ4v) is 5.41. The Morgan fingerprint density at radius 1 is 1.10 bits per heavy atom. The van der Waals surface area contributed by atoms with Crippen molar-refractivity contribution in [2.45, 2.75) is 50.9 Å². The molecule has 6 rings (SSSR count). The molecule has 4 aromatic rings. The number of nitro groups is 1. The van der Waals surface area contributed by atoms with Gasteiger partial charge in [-0.25, -0.2) is 4.39 Å². The van der Waals surface area contributed by atoms with Gasteiger partial charge in [-0.15, -0.1) is 0 Å². The van der Waals surface area contributed by atoms with Gasteiger partial charge < -0.3 is 19.1 Å². The van der Waals surface area contributed by atoms with Crippen LogP contribution in [0.5, 0.6) is 11.6 Å². The van der Waals surface area contributed by atoms with Gasteiger partial charge in [0.05, 0.1) is 53.7 Å². The van der Waals surface area contributed by atoms with E-state index in [1.807, 2.05) is 19.1 Å². The first-order valence-electron chi connectivity index (χ1n) is 13.8. The maximum absolute atomic E-state index is 13.5. The number of nitro benzene ring substituents is 1. The summed E-state index contributed by atoms with van der Waals surface area (Å²) in [6.07, 6.45) is 7.18. The van der Waals surface area contributed by atoms with E-state index < -0.39 is 4.92 Å². The van der Waals surface area contributed by atoms with E-state index >= 15 is 0 Å². The number of anilines is 1. The molecule has 2 fully saturated rings. The van der Waals surface area contributed by atoms with Crippen LogP contribution in [0.2, 0.25) is 0 Å². The zero-order chi connectivity index (χ0) is 28.3. The number of benzene rings is 1. The van der Waals surface area contributed by atoms with Crippen LogP contribution in [0.3, 0.4) is 0 Å². The monoisotopic (exact) mass is 562 g/mol. The summed E-state index contributed by atoms with van der Waals surface area (Å²) in [5, 5.41) is 15.9. The number of halogens is 1. The molecule has 0 bridgehead atoms. The first-order chi connectivity index (χ1) is 19.9. The molecule has 41 heavy (non-hydrogen) atoms. The van der Waals surface area contributed by atoms with Gasteiger partial charge in [0.2, 0.25) is 5.88 Å². The molecule has 11 nitrogen and oxygen atoms in total. The van der Waals surface area contributed by atoms with Crippen molar-refractivity contribution in [3.63, 3.8) is 0 Å². The van der Waals surface area contributed by atoms with Crippen molar-refractivity contribution in [3.8, 4) is 11.6 Å². The van der Waals surface area contributed by atoms with Gasteiger partial charge in [-0.2, -0.15) is 10.1 Å². The molecule has 1 saturated heterocycles. The fraction of sp³-hybridized carbons (Fsp3) is 0.414. The third-order valence-electron chi connectivity index (χ3n) is 7.69. The second kappa shape index (κ2) is 11.7. The molecule has 0 N–H and O–H groups in total. The van der Waals surface area contributed by atoms with Crippen molar-refractivity contribution >= 4 is 22.4 Å². The molecular formula is C29H31FN6O5. The molecule has 12 heteroatoms. The summed E-state index contributed by atoms with van der Waals surface area (Å²) in [5.74, 6) is 1.50. The van der Waals surface area contributed by atoms with Crippen molar-refractivity contribution in [2.24, 2.45) is 0 Å². The molecule has 4 heterocycles. The third-order valence-corrected chi connectivity index (χ3v) is 7.69. The minimum Gasteiger partial charge on any atom is -0.484 e. The minimum absolute atomic E-state index is 0.0306. The predicted molar refractivity (Wildman–Crippen MR) is 149 cm³/mol. The molecule has 0 spiro atoms. The Bertz CT molecular complexity index is 1520. The standard InChI is InChI=1S/C29H31FN6O5/c1-19(20-2-4-23(5-3-20)36(37)38)40-25-14-26-27(31-17-25)15-28(34-10-12-39-13-11-34)33-29(26)41-24-8-6-22(7-9-24)35-18-21(30)16-32-35/h2-5,14-19,22,24H,6-13H2,1H3/t19-,22?,24?/m0/s1. The lowest BCUT2D eigenvalue weighted by Crippen LogP contribution is -2.36. The molecule has 1 saturated carbocycles. The summed E-state index contributed by atoms with van der Waals surface area (Å²) in [5.41, 5.74) is 1.58. The average Bonchev–Trinajstić information content (AvgIpc) is 3.44. The second-order valence-electron chi connectivity index (χ2n) is 10.4. The van der Waals surface area contributed by atoms with Gasteiger partial charge in [0.15, 0.2) is 5.82 Å². The van der Waals surface area contributed by atoms with Gasteiger partial charge >= 0.3 is 0 Å². The van der Waals surface area contributed by atoms with Crippen LogP contribution >= 0.6 is 0 Å². The van der Waals surface area contributed by atoms with E-state index in [-0.39, 0.29) is 29.8 Å². The lowest BCUT2D eigenvalue weighted by molar-refractivity contribution is -0.384. The predicted octanol–water partition coefficient (Wildman–Crippen LogP) is 5.41. The summed E-state index contributed by atoms with van der Waals surface area (Å²) >= 11 is 0. The zero-order valence-electron chi connectivity index (χ0n) is 22.7. The van der Waals surface area contributed by atoms with E-state index in [0.717, 1.165) is 61.1 Å². The largest absolute Gasteiger partial charge is 0.484 e. The molecule has 1 aliphatic heterocycles. The first kappa shape index (κ1) is 26.9. The van der Waals surface area contributed by atoms with Gasteiger partial charge in [-0.3, -0.25) is 19.8 Å². The minimum atomic E-state index is -0.425. The van der Waals surface area contributed by atoms with Crippen molar-refractivity contribution in [1.82, 2.24) is 19.7 Å². The number of morpholine rings is 1. The Morgan fingerprint density at radius 3 is 2.54 bits per heavy atom.